The van der Waals surface area contributed by atoms with E-state index in [0.717, 1.165) is 5.56 Å². The molecule has 0 atom stereocenters. The number of amidine groups is 1. The lowest BCUT2D eigenvalue weighted by Crippen LogP contribution is -2.28. The lowest BCUT2D eigenvalue weighted by Gasteiger charge is -2.12. The average molecular weight is 369 g/mol. The van der Waals surface area contributed by atoms with E-state index in [1.54, 1.807) is 24.5 Å². The molecule has 26 heavy (non-hydrogen) atoms. The van der Waals surface area contributed by atoms with Crippen LogP contribution in [-0.4, -0.2) is 43.7 Å². The number of rotatable bonds is 4. The summed E-state index contributed by atoms with van der Waals surface area (Å²) in [5.74, 6) is -1.75. The summed E-state index contributed by atoms with van der Waals surface area (Å²) in [5.41, 5.74) is 0.974. The van der Waals surface area contributed by atoms with Crippen molar-refractivity contribution in [3.8, 4) is 5.75 Å². The number of pyridine rings is 1. The Labute approximate surface area is 153 Å². The van der Waals surface area contributed by atoms with Crippen molar-refractivity contribution in [1.29, 1.82) is 0 Å². The van der Waals surface area contributed by atoms with Crippen LogP contribution in [0.5, 0.6) is 5.75 Å². The summed E-state index contributed by atoms with van der Waals surface area (Å²) in [7, 11) is 0. The number of nitrogens with zero attached hydrogens (tertiary/aromatic N) is 3. The molecule has 0 aliphatic carbocycles. The van der Waals surface area contributed by atoms with E-state index in [0.29, 0.717) is 22.3 Å². The molecule has 7 nitrogen and oxygen atoms in total. The lowest BCUT2D eigenvalue weighted by atomic mass is 10.2. The van der Waals surface area contributed by atoms with Crippen molar-refractivity contribution < 1.29 is 19.8 Å². The first kappa shape index (κ1) is 17.7. The molecule has 2 aromatic rings. The Hall–Kier alpha value is -3.13. The maximum absolute atomic E-state index is 12.6. The maximum Gasteiger partial charge on any atom is 0.339 e. The Morgan fingerprint density at radius 1 is 1.38 bits per heavy atom. The molecule has 1 amide bonds. The summed E-state index contributed by atoms with van der Waals surface area (Å²) in [5, 5.41) is 19.2. The first-order chi connectivity index (χ1) is 12.5. The van der Waals surface area contributed by atoms with Crippen LogP contribution in [0.4, 0.5) is 5.69 Å². The van der Waals surface area contributed by atoms with Gasteiger partial charge < -0.3 is 10.2 Å². The third kappa shape index (κ3) is 3.60. The largest absolute Gasteiger partial charge is 0.507 e. The Bertz CT molecular complexity index is 925. The van der Waals surface area contributed by atoms with E-state index in [1.807, 2.05) is 13.0 Å². The van der Waals surface area contributed by atoms with Crippen LogP contribution in [0.1, 0.15) is 22.8 Å². The van der Waals surface area contributed by atoms with Crippen LogP contribution in [0.2, 0.25) is 0 Å². The second-order valence-electron chi connectivity index (χ2n) is 5.35. The number of aromatic nitrogens is 1. The highest BCUT2D eigenvalue weighted by molar-refractivity contribution is 8.18. The molecule has 1 fully saturated rings. The zero-order valence-electron chi connectivity index (χ0n) is 13.8. The van der Waals surface area contributed by atoms with E-state index in [4.69, 9.17) is 5.11 Å². The number of thioether (sulfide) groups is 1. The van der Waals surface area contributed by atoms with Crippen LogP contribution in [0.3, 0.4) is 0 Å². The number of carboxylic acid groups (broad SMARTS) is 1. The Morgan fingerprint density at radius 2 is 2.19 bits per heavy atom. The van der Waals surface area contributed by atoms with Crippen molar-refractivity contribution in [3.63, 3.8) is 0 Å². The molecule has 0 bridgehead atoms. The highest BCUT2D eigenvalue weighted by atomic mass is 32.2. The number of likely N-dealkylation sites (N-methyl/N-ethyl adjacent to an activating group) is 1. The van der Waals surface area contributed by atoms with Crippen molar-refractivity contribution in [3.05, 3.63) is 58.8 Å². The van der Waals surface area contributed by atoms with Gasteiger partial charge in [0.15, 0.2) is 5.17 Å². The van der Waals surface area contributed by atoms with Gasteiger partial charge in [-0.3, -0.25) is 14.7 Å². The van der Waals surface area contributed by atoms with E-state index >= 15 is 0 Å². The molecule has 1 aromatic heterocycles. The van der Waals surface area contributed by atoms with Crippen molar-refractivity contribution >= 4 is 40.6 Å². The maximum atomic E-state index is 12.6. The number of carboxylic acids is 1. The summed E-state index contributed by atoms with van der Waals surface area (Å²) < 4.78 is 0. The van der Waals surface area contributed by atoms with E-state index in [9.17, 15) is 14.7 Å². The van der Waals surface area contributed by atoms with Gasteiger partial charge in [-0.25, -0.2) is 9.79 Å². The van der Waals surface area contributed by atoms with Crippen molar-refractivity contribution in [1.82, 2.24) is 9.88 Å². The minimum atomic E-state index is -1.22. The van der Waals surface area contributed by atoms with E-state index in [2.05, 4.69) is 9.98 Å². The molecule has 1 saturated heterocycles. The molecule has 0 saturated carbocycles. The Kier molecular flexibility index (Phi) is 5.04. The van der Waals surface area contributed by atoms with Gasteiger partial charge >= 0.3 is 5.97 Å². The fourth-order valence-corrected chi connectivity index (χ4v) is 3.43. The SMILES string of the molecule is CCN1C(=O)/C(=C/c2cccnc2)SC1=Nc1ccc(C(=O)O)c(O)c1. The van der Waals surface area contributed by atoms with Gasteiger partial charge in [-0.15, -0.1) is 0 Å². The van der Waals surface area contributed by atoms with Gasteiger partial charge in [0.25, 0.3) is 5.91 Å². The number of amides is 1. The molecule has 0 unspecified atom stereocenters. The predicted molar refractivity (Wildman–Crippen MR) is 99.4 cm³/mol. The van der Waals surface area contributed by atoms with E-state index in [-0.39, 0.29) is 17.2 Å². The number of hydrogen-bond donors (Lipinski definition) is 2. The zero-order chi connectivity index (χ0) is 18.7. The summed E-state index contributed by atoms with van der Waals surface area (Å²) in [6.45, 7) is 2.28. The Morgan fingerprint density at radius 3 is 2.81 bits per heavy atom. The molecule has 3 rings (SSSR count). The van der Waals surface area contributed by atoms with Crippen LogP contribution in [-0.2, 0) is 4.79 Å². The number of aromatic carboxylic acids is 1. The molecule has 1 aliphatic heterocycles. The van der Waals surface area contributed by atoms with Crippen LogP contribution in [0, 0.1) is 0 Å². The Balaban J connectivity index is 1.93. The van der Waals surface area contributed by atoms with Gasteiger partial charge in [-0.05, 0) is 48.5 Å². The van der Waals surface area contributed by atoms with Crippen molar-refractivity contribution in [2.75, 3.05) is 6.54 Å². The van der Waals surface area contributed by atoms with Crippen molar-refractivity contribution in [2.24, 2.45) is 4.99 Å². The minimum absolute atomic E-state index is 0.161. The van der Waals surface area contributed by atoms with E-state index < -0.39 is 5.97 Å². The van der Waals surface area contributed by atoms with Crippen molar-refractivity contribution in [2.45, 2.75) is 6.92 Å². The van der Waals surface area contributed by atoms with Crippen LogP contribution in [0.15, 0.2) is 52.6 Å². The predicted octanol–water partition coefficient (Wildman–Crippen LogP) is 3.11. The number of aromatic hydroxyl groups is 1. The first-order valence-electron chi connectivity index (χ1n) is 7.76. The molecule has 1 aromatic carbocycles. The molecule has 2 N–H and O–H groups in total. The molecule has 1 aliphatic rings. The normalized spacial score (nSPS) is 17.3. The smallest absolute Gasteiger partial charge is 0.339 e. The summed E-state index contributed by atoms with van der Waals surface area (Å²) in [6.07, 6.45) is 5.06. The minimum Gasteiger partial charge on any atom is -0.507 e. The summed E-state index contributed by atoms with van der Waals surface area (Å²) >= 11 is 1.22. The second-order valence-corrected chi connectivity index (χ2v) is 6.36. The van der Waals surface area contributed by atoms with Gasteiger partial charge in [0.1, 0.15) is 11.3 Å². The van der Waals surface area contributed by atoms with Gasteiger partial charge in [0.2, 0.25) is 0 Å². The fourth-order valence-electron chi connectivity index (χ4n) is 2.36. The number of carbonyl (C=O) groups is 2. The third-order valence-electron chi connectivity index (χ3n) is 3.62. The first-order valence-corrected chi connectivity index (χ1v) is 8.57. The second kappa shape index (κ2) is 7.40. The quantitative estimate of drug-likeness (QED) is 0.803. The standard InChI is InChI=1S/C18H15N3O4S/c1-2-21-16(23)15(8-11-4-3-7-19-10-11)26-18(21)20-12-5-6-13(17(24)25)14(22)9-12/h3-10,22H,2H2,1H3,(H,24,25)/b15-8-,20-18?. The molecule has 0 spiro atoms. The number of phenols is 1. The van der Waals surface area contributed by atoms with Crippen LogP contribution in [0.25, 0.3) is 6.08 Å². The van der Waals surface area contributed by atoms with Crippen LogP contribution < -0.4 is 0 Å². The molecular formula is C18H15N3O4S. The highest BCUT2D eigenvalue weighted by Crippen LogP contribution is 2.34. The molecule has 8 heteroatoms. The number of benzene rings is 1. The zero-order valence-corrected chi connectivity index (χ0v) is 14.6. The van der Waals surface area contributed by atoms with Gasteiger partial charge in [0, 0.05) is 25.0 Å². The van der Waals surface area contributed by atoms with E-state index in [1.165, 1.54) is 34.9 Å². The average Bonchev–Trinajstić information content (AvgIpc) is 2.90. The summed E-state index contributed by atoms with van der Waals surface area (Å²) in [4.78, 5) is 34.0. The van der Waals surface area contributed by atoms with Gasteiger partial charge in [0.05, 0.1) is 10.6 Å². The number of carbonyl (C=O) groups excluding carboxylic acids is 1. The van der Waals surface area contributed by atoms with Gasteiger partial charge in [-0.1, -0.05) is 6.07 Å². The number of hydrogen-bond acceptors (Lipinski definition) is 6. The molecule has 132 valence electrons. The molecule has 0 radical (unpaired) electrons. The lowest BCUT2D eigenvalue weighted by molar-refractivity contribution is -0.122. The highest BCUT2D eigenvalue weighted by Gasteiger charge is 2.32. The fraction of sp³-hybridized carbons (Fsp3) is 0.111. The third-order valence-corrected chi connectivity index (χ3v) is 4.63. The van der Waals surface area contributed by atoms with Gasteiger partial charge in [-0.2, -0.15) is 0 Å². The monoisotopic (exact) mass is 369 g/mol. The molecular weight excluding hydrogens is 354 g/mol. The summed E-state index contributed by atoms with van der Waals surface area (Å²) in [6, 6.07) is 7.66. The van der Waals surface area contributed by atoms with Crippen LogP contribution >= 0.6 is 11.8 Å². The molecule has 2 heterocycles. The topological polar surface area (TPSA) is 103 Å². The number of aliphatic imine (C=N–C) groups is 1.